The Hall–Kier alpha value is -2.91. The molecule has 0 radical (unpaired) electrons. The fourth-order valence-corrected chi connectivity index (χ4v) is 3.82. The molecule has 0 saturated carbocycles. The summed E-state index contributed by atoms with van der Waals surface area (Å²) in [7, 11) is 3.09. The van der Waals surface area contributed by atoms with Gasteiger partial charge in [0.05, 0.1) is 56.3 Å². The first-order valence-electron chi connectivity index (χ1n) is 11.1. The van der Waals surface area contributed by atoms with Gasteiger partial charge in [-0.2, -0.15) is 10.2 Å². The molecule has 0 fully saturated rings. The zero-order chi connectivity index (χ0) is 23.8. The minimum atomic E-state index is -0.649. The van der Waals surface area contributed by atoms with Crippen LogP contribution in [0.15, 0.2) is 58.5 Å². The Morgan fingerprint density at radius 2 is 1.94 bits per heavy atom. The van der Waals surface area contributed by atoms with Crippen LogP contribution in [-0.2, 0) is 32.2 Å². The lowest BCUT2D eigenvalue weighted by Gasteiger charge is -2.29. The highest BCUT2D eigenvalue weighted by atomic mass is 16.5. The van der Waals surface area contributed by atoms with Crippen LogP contribution in [0.2, 0.25) is 0 Å². The molecule has 0 spiro atoms. The van der Waals surface area contributed by atoms with Crippen LogP contribution in [0.5, 0.6) is 0 Å². The maximum atomic E-state index is 12.3. The van der Waals surface area contributed by atoms with E-state index >= 15 is 0 Å². The predicted octanol–water partition coefficient (Wildman–Crippen LogP) is 3.92. The number of carbonyl (C=O) groups is 1. The third-order valence-corrected chi connectivity index (χ3v) is 5.72. The number of nitrogens with zero attached hydrogens (tertiary/aromatic N) is 5. The van der Waals surface area contributed by atoms with Gasteiger partial charge < -0.3 is 14.2 Å². The van der Waals surface area contributed by atoms with E-state index in [1.807, 2.05) is 51.2 Å². The molecule has 0 saturated heterocycles. The van der Waals surface area contributed by atoms with E-state index in [1.165, 1.54) is 7.11 Å². The van der Waals surface area contributed by atoms with Crippen molar-refractivity contribution in [3.8, 4) is 0 Å². The summed E-state index contributed by atoms with van der Waals surface area (Å²) in [6, 6.07) is 9.91. The predicted molar refractivity (Wildman–Crippen MR) is 122 cm³/mol. The number of esters is 1. The van der Waals surface area contributed by atoms with Gasteiger partial charge in [-0.05, 0) is 38.8 Å². The number of methoxy groups -OCH3 is 2. The van der Waals surface area contributed by atoms with Crippen LogP contribution < -0.4 is 0 Å². The van der Waals surface area contributed by atoms with Crippen molar-refractivity contribution in [2.75, 3.05) is 20.8 Å². The largest absolute Gasteiger partial charge is 0.469 e. The van der Waals surface area contributed by atoms with E-state index in [1.54, 1.807) is 11.8 Å². The van der Waals surface area contributed by atoms with Crippen molar-refractivity contribution in [2.24, 2.45) is 15.6 Å². The lowest BCUT2D eigenvalue weighted by atomic mass is 9.76. The summed E-state index contributed by atoms with van der Waals surface area (Å²) in [6.45, 7) is 7.05. The van der Waals surface area contributed by atoms with E-state index in [0.717, 1.165) is 17.0 Å². The smallest absolute Gasteiger partial charge is 0.311 e. The Balaban J connectivity index is 1.62. The molecular weight excluding hydrogens is 422 g/mol. The third kappa shape index (κ3) is 6.79. The maximum Gasteiger partial charge on any atom is 0.311 e. The summed E-state index contributed by atoms with van der Waals surface area (Å²) >= 11 is 0. The molecule has 0 aliphatic carbocycles. The molecule has 1 aromatic carbocycles. The molecule has 178 valence electrons. The zero-order valence-corrected chi connectivity index (χ0v) is 20.0. The summed E-state index contributed by atoms with van der Waals surface area (Å²) < 4.78 is 17.8. The second-order valence-electron chi connectivity index (χ2n) is 8.93. The third-order valence-electron chi connectivity index (χ3n) is 5.72. The molecule has 3 unspecified atom stereocenters. The van der Waals surface area contributed by atoms with Crippen molar-refractivity contribution in [3.63, 3.8) is 0 Å². The second-order valence-corrected chi connectivity index (χ2v) is 8.93. The van der Waals surface area contributed by atoms with Gasteiger partial charge in [-0.15, -0.1) is 5.10 Å². The molecule has 2 heterocycles. The highest BCUT2D eigenvalue weighted by Crippen LogP contribution is 2.38. The first kappa shape index (κ1) is 24.7. The van der Waals surface area contributed by atoms with E-state index in [0.29, 0.717) is 26.2 Å². The average molecular weight is 456 g/mol. The van der Waals surface area contributed by atoms with Gasteiger partial charge in [0.2, 0.25) is 0 Å². The fourth-order valence-electron chi connectivity index (χ4n) is 3.82. The van der Waals surface area contributed by atoms with Crippen LogP contribution >= 0.6 is 0 Å². The molecular formula is C24H33N5O4. The van der Waals surface area contributed by atoms with Gasteiger partial charge in [-0.3, -0.25) is 4.79 Å². The summed E-state index contributed by atoms with van der Waals surface area (Å²) in [4.78, 5) is 12.3. The van der Waals surface area contributed by atoms with Crippen molar-refractivity contribution < 1.29 is 19.0 Å². The highest BCUT2D eigenvalue weighted by Gasteiger charge is 2.36. The number of carbonyl (C=O) groups excluding carboxylic acids is 1. The van der Waals surface area contributed by atoms with Crippen LogP contribution in [0.3, 0.4) is 0 Å². The number of benzene rings is 1. The van der Waals surface area contributed by atoms with Gasteiger partial charge in [0.1, 0.15) is 5.69 Å². The Morgan fingerprint density at radius 3 is 2.64 bits per heavy atom. The minimum Gasteiger partial charge on any atom is -0.469 e. The van der Waals surface area contributed by atoms with Gasteiger partial charge in [0, 0.05) is 13.0 Å². The second kappa shape index (κ2) is 11.3. The van der Waals surface area contributed by atoms with Crippen LogP contribution in [0.4, 0.5) is 0 Å². The number of ether oxygens (including phenoxy) is 3. The van der Waals surface area contributed by atoms with Gasteiger partial charge >= 0.3 is 5.97 Å². The number of hydrogen-bond donors (Lipinski definition) is 0. The first-order valence-corrected chi connectivity index (χ1v) is 11.1. The molecule has 0 N–H and O–H groups in total. The fraction of sp³-hybridized carbons (Fsp3) is 0.542. The van der Waals surface area contributed by atoms with Crippen molar-refractivity contribution >= 4 is 5.97 Å². The lowest BCUT2D eigenvalue weighted by Crippen LogP contribution is -2.30. The highest BCUT2D eigenvalue weighted by molar-refractivity contribution is 5.75. The summed E-state index contributed by atoms with van der Waals surface area (Å²) in [5.74, 6) is -0.247. The van der Waals surface area contributed by atoms with Crippen LogP contribution in [0.25, 0.3) is 0 Å². The molecule has 3 rings (SSSR count). The van der Waals surface area contributed by atoms with Crippen LogP contribution in [0, 0.1) is 5.41 Å². The van der Waals surface area contributed by atoms with E-state index in [9.17, 15) is 4.79 Å². The SMILES string of the molecule is COC(=O)C(C)(C)CC(c1ccccc1)C1C=C(COCc2cn(CC(C)OC)nn2)N=N1. The molecule has 0 amide bonds. The monoisotopic (exact) mass is 455 g/mol. The molecule has 3 atom stereocenters. The molecule has 1 aromatic heterocycles. The molecule has 1 aliphatic heterocycles. The van der Waals surface area contributed by atoms with Crippen LogP contribution in [0.1, 0.15) is 44.4 Å². The standard InChI is InChI=1S/C24H33N5O4/c1-17(31-4)13-29-14-20(26-28-29)16-33-15-19-11-22(27-25-19)21(18-9-7-6-8-10-18)12-24(2,3)23(30)32-5/h6-11,14,17,21-22H,12-13,15-16H2,1-5H3. The maximum absolute atomic E-state index is 12.3. The number of hydrogen-bond acceptors (Lipinski definition) is 8. The molecule has 33 heavy (non-hydrogen) atoms. The zero-order valence-electron chi connectivity index (χ0n) is 20.0. The van der Waals surface area contributed by atoms with Gasteiger partial charge in [-0.1, -0.05) is 35.5 Å². The molecule has 9 nitrogen and oxygen atoms in total. The van der Waals surface area contributed by atoms with Gasteiger partial charge in [-0.25, -0.2) is 4.68 Å². The van der Waals surface area contributed by atoms with Crippen molar-refractivity contribution in [1.29, 1.82) is 0 Å². The topological polar surface area (TPSA) is 100 Å². The lowest BCUT2D eigenvalue weighted by molar-refractivity contribution is -0.151. The van der Waals surface area contributed by atoms with Gasteiger partial charge in [0.15, 0.2) is 0 Å². The van der Waals surface area contributed by atoms with Crippen LogP contribution in [-0.4, -0.2) is 53.9 Å². The summed E-state index contributed by atoms with van der Waals surface area (Å²) in [5, 5.41) is 17.0. The molecule has 9 heteroatoms. The molecule has 2 aromatic rings. The Labute approximate surface area is 194 Å². The van der Waals surface area contributed by atoms with Gasteiger partial charge in [0.25, 0.3) is 0 Å². The van der Waals surface area contributed by atoms with E-state index < -0.39 is 5.41 Å². The normalized spacial score (nSPS) is 17.6. The molecule has 1 aliphatic rings. The van der Waals surface area contributed by atoms with Crippen molar-refractivity contribution in [3.05, 3.63) is 59.6 Å². The Kier molecular flexibility index (Phi) is 8.46. The molecule has 0 bridgehead atoms. The first-order chi connectivity index (χ1) is 15.8. The summed E-state index contributed by atoms with van der Waals surface area (Å²) in [5.41, 5.74) is 1.97. The Morgan fingerprint density at radius 1 is 1.18 bits per heavy atom. The summed E-state index contributed by atoms with van der Waals surface area (Å²) in [6.07, 6.45) is 4.51. The minimum absolute atomic E-state index is 0.00998. The van der Waals surface area contributed by atoms with Crippen molar-refractivity contribution in [2.45, 2.75) is 58.4 Å². The quantitative estimate of drug-likeness (QED) is 0.450. The Bertz CT molecular complexity index is 970. The van der Waals surface area contributed by atoms with E-state index in [4.69, 9.17) is 14.2 Å². The average Bonchev–Trinajstić information content (AvgIpc) is 3.47. The van der Waals surface area contributed by atoms with E-state index in [2.05, 4.69) is 32.7 Å². The number of rotatable bonds is 12. The van der Waals surface area contributed by atoms with Crippen molar-refractivity contribution in [1.82, 2.24) is 15.0 Å². The van der Waals surface area contributed by atoms with E-state index in [-0.39, 0.29) is 24.0 Å². The number of azo groups is 1. The number of aromatic nitrogens is 3.